The van der Waals surface area contributed by atoms with Crippen molar-refractivity contribution >= 4 is 23.2 Å². The Morgan fingerprint density at radius 3 is 2.65 bits per heavy atom. The van der Waals surface area contributed by atoms with Crippen LogP contribution in [-0.2, 0) is 16.0 Å². The molecule has 0 bridgehead atoms. The molecule has 0 aromatic heterocycles. The number of amides is 2. The van der Waals surface area contributed by atoms with Crippen LogP contribution in [0.1, 0.15) is 24.5 Å². The molecule has 1 aliphatic heterocycles. The first-order chi connectivity index (χ1) is 11.1. The molecule has 2 aromatic carbocycles. The van der Waals surface area contributed by atoms with Gasteiger partial charge in [-0.2, -0.15) is 0 Å². The molecule has 1 fully saturated rings. The van der Waals surface area contributed by atoms with Crippen LogP contribution in [0.15, 0.2) is 48.5 Å². The normalized spacial score (nSPS) is 17.7. The summed E-state index contributed by atoms with van der Waals surface area (Å²) in [5.74, 6) is -0.335. The summed E-state index contributed by atoms with van der Waals surface area (Å²) < 4.78 is 0. The zero-order chi connectivity index (χ0) is 16.4. The van der Waals surface area contributed by atoms with Crippen molar-refractivity contribution in [2.45, 2.75) is 32.7 Å². The molecular formula is C19H20N2O2. The van der Waals surface area contributed by atoms with Crippen molar-refractivity contribution in [3.05, 3.63) is 59.7 Å². The van der Waals surface area contributed by atoms with Gasteiger partial charge in [-0.05, 0) is 42.7 Å². The van der Waals surface area contributed by atoms with Gasteiger partial charge in [-0.25, -0.2) is 4.90 Å². The summed E-state index contributed by atoms with van der Waals surface area (Å²) in [4.78, 5) is 26.4. The predicted octanol–water partition coefficient (Wildman–Crippen LogP) is 3.30. The first kappa shape index (κ1) is 15.3. The van der Waals surface area contributed by atoms with Crippen LogP contribution in [0, 0.1) is 6.92 Å². The van der Waals surface area contributed by atoms with Crippen LogP contribution < -0.4 is 10.2 Å². The second kappa shape index (κ2) is 6.24. The molecule has 1 atom stereocenters. The van der Waals surface area contributed by atoms with Gasteiger partial charge >= 0.3 is 0 Å². The van der Waals surface area contributed by atoms with Crippen molar-refractivity contribution in [1.29, 1.82) is 0 Å². The molecule has 2 aromatic rings. The summed E-state index contributed by atoms with van der Waals surface area (Å²) in [6.45, 7) is 4.02. The van der Waals surface area contributed by atoms with Crippen molar-refractivity contribution in [2.24, 2.45) is 0 Å². The van der Waals surface area contributed by atoms with Crippen molar-refractivity contribution in [3.8, 4) is 0 Å². The first-order valence-electron chi connectivity index (χ1n) is 7.88. The minimum absolute atomic E-state index is 0.152. The van der Waals surface area contributed by atoms with Crippen LogP contribution in [0.3, 0.4) is 0 Å². The van der Waals surface area contributed by atoms with Gasteiger partial charge in [0.25, 0.3) is 5.91 Å². The maximum absolute atomic E-state index is 12.7. The van der Waals surface area contributed by atoms with E-state index in [-0.39, 0.29) is 18.2 Å². The molecule has 4 nitrogen and oxygen atoms in total. The lowest BCUT2D eigenvalue weighted by atomic mass is 10.1. The Balaban J connectivity index is 1.85. The number of imide groups is 1. The maximum atomic E-state index is 12.7. The molecule has 1 N–H and O–H groups in total. The highest BCUT2D eigenvalue weighted by molar-refractivity contribution is 6.23. The lowest BCUT2D eigenvalue weighted by molar-refractivity contribution is -0.121. The number of rotatable bonds is 4. The van der Waals surface area contributed by atoms with E-state index in [2.05, 4.69) is 5.32 Å². The fraction of sp³-hybridized carbons (Fsp3) is 0.263. The highest BCUT2D eigenvalue weighted by Gasteiger charge is 2.40. The number of nitrogens with zero attached hydrogens (tertiary/aromatic N) is 1. The minimum Gasteiger partial charge on any atom is -0.373 e. The number of aryl methyl sites for hydroxylation is 2. The third-order valence-corrected chi connectivity index (χ3v) is 4.12. The van der Waals surface area contributed by atoms with Crippen LogP contribution in [0.2, 0.25) is 0 Å². The lowest BCUT2D eigenvalue weighted by Gasteiger charge is -2.19. The number of hydrogen-bond acceptors (Lipinski definition) is 3. The van der Waals surface area contributed by atoms with E-state index in [4.69, 9.17) is 0 Å². The fourth-order valence-corrected chi connectivity index (χ4v) is 2.96. The van der Waals surface area contributed by atoms with E-state index in [1.165, 1.54) is 4.90 Å². The smallest absolute Gasteiger partial charge is 0.256 e. The van der Waals surface area contributed by atoms with E-state index in [1.807, 2.05) is 62.4 Å². The molecule has 4 heteroatoms. The third-order valence-electron chi connectivity index (χ3n) is 4.12. The van der Waals surface area contributed by atoms with E-state index >= 15 is 0 Å². The Hall–Kier alpha value is -2.62. The molecule has 0 aliphatic carbocycles. The molecule has 1 saturated heterocycles. The highest BCUT2D eigenvalue weighted by Crippen LogP contribution is 2.28. The van der Waals surface area contributed by atoms with Gasteiger partial charge in [0.2, 0.25) is 5.91 Å². The third kappa shape index (κ3) is 2.97. The molecule has 3 rings (SSSR count). The molecule has 2 amide bonds. The van der Waals surface area contributed by atoms with Gasteiger partial charge in [-0.15, -0.1) is 0 Å². The van der Waals surface area contributed by atoms with Gasteiger partial charge in [-0.1, -0.05) is 37.3 Å². The van der Waals surface area contributed by atoms with E-state index in [9.17, 15) is 9.59 Å². The maximum Gasteiger partial charge on any atom is 0.256 e. The average molecular weight is 308 g/mol. The predicted molar refractivity (Wildman–Crippen MR) is 91.5 cm³/mol. The van der Waals surface area contributed by atoms with Crippen molar-refractivity contribution in [1.82, 2.24) is 0 Å². The molecule has 0 radical (unpaired) electrons. The van der Waals surface area contributed by atoms with Gasteiger partial charge < -0.3 is 5.32 Å². The topological polar surface area (TPSA) is 49.4 Å². The Morgan fingerprint density at radius 2 is 1.91 bits per heavy atom. The molecule has 23 heavy (non-hydrogen) atoms. The zero-order valence-electron chi connectivity index (χ0n) is 13.4. The fourth-order valence-electron chi connectivity index (χ4n) is 2.96. The standard InChI is InChI=1S/C19H20N2O2/c1-3-14-8-4-5-10-17(14)21-18(22)12-16(19(21)23)20-15-9-6-7-13(2)11-15/h4-11,16,20H,3,12H2,1-2H3. The van der Waals surface area contributed by atoms with Crippen molar-refractivity contribution < 1.29 is 9.59 Å². The SMILES string of the molecule is CCc1ccccc1N1C(=O)CC(Nc2cccc(C)c2)C1=O. The quantitative estimate of drug-likeness (QED) is 0.882. The van der Waals surface area contributed by atoms with E-state index < -0.39 is 6.04 Å². The first-order valence-corrected chi connectivity index (χ1v) is 7.88. The molecule has 1 unspecified atom stereocenters. The van der Waals surface area contributed by atoms with E-state index in [1.54, 1.807) is 0 Å². The summed E-state index contributed by atoms with van der Waals surface area (Å²) in [5.41, 5.74) is 3.69. The molecule has 0 spiro atoms. The molecule has 1 heterocycles. The van der Waals surface area contributed by atoms with Crippen LogP contribution in [0.4, 0.5) is 11.4 Å². The number of anilines is 2. The second-order valence-electron chi connectivity index (χ2n) is 5.82. The number of benzene rings is 2. The Bertz CT molecular complexity index is 755. The minimum atomic E-state index is -0.505. The zero-order valence-corrected chi connectivity index (χ0v) is 13.4. The molecule has 118 valence electrons. The number of hydrogen-bond donors (Lipinski definition) is 1. The van der Waals surface area contributed by atoms with Gasteiger partial charge in [0, 0.05) is 5.69 Å². The Labute approximate surface area is 136 Å². The number of nitrogens with one attached hydrogen (secondary N) is 1. The summed E-state index contributed by atoms with van der Waals surface area (Å²) in [7, 11) is 0. The summed E-state index contributed by atoms with van der Waals surface area (Å²) in [5, 5.41) is 3.19. The van der Waals surface area contributed by atoms with Gasteiger partial charge in [-0.3, -0.25) is 9.59 Å². The molecule has 0 saturated carbocycles. The van der Waals surface area contributed by atoms with Crippen LogP contribution >= 0.6 is 0 Å². The molecular weight excluding hydrogens is 288 g/mol. The number of carbonyl (C=O) groups is 2. The monoisotopic (exact) mass is 308 g/mol. The van der Waals surface area contributed by atoms with E-state index in [0.717, 1.165) is 23.2 Å². The second-order valence-corrected chi connectivity index (χ2v) is 5.82. The lowest BCUT2D eigenvalue weighted by Crippen LogP contribution is -2.35. The summed E-state index contributed by atoms with van der Waals surface area (Å²) >= 11 is 0. The van der Waals surface area contributed by atoms with E-state index in [0.29, 0.717) is 5.69 Å². The van der Waals surface area contributed by atoms with Crippen molar-refractivity contribution in [2.75, 3.05) is 10.2 Å². The van der Waals surface area contributed by atoms with Gasteiger partial charge in [0.1, 0.15) is 6.04 Å². The summed E-state index contributed by atoms with van der Waals surface area (Å²) in [6, 6.07) is 14.9. The Kier molecular flexibility index (Phi) is 4.15. The largest absolute Gasteiger partial charge is 0.373 e. The van der Waals surface area contributed by atoms with Crippen LogP contribution in [0.5, 0.6) is 0 Å². The number of para-hydroxylation sites is 1. The average Bonchev–Trinajstić information content (AvgIpc) is 2.81. The van der Waals surface area contributed by atoms with Crippen molar-refractivity contribution in [3.63, 3.8) is 0 Å². The Morgan fingerprint density at radius 1 is 1.13 bits per heavy atom. The van der Waals surface area contributed by atoms with Gasteiger partial charge in [0.05, 0.1) is 12.1 Å². The number of carbonyl (C=O) groups excluding carboxylic acids is 2. The molecule has 1 aliphatic rings. The summed E-state index contributed by atoms with van der Waals surface area (Å²) in [6.07, 6.45) is 0.966. The van der Waals surface area contributed by atoms with Crippen LogP contribution in [-0.4, -0.2) is 17.9 Å². The van der Waals surface area contributed by atoms with Crippen LogP contribution in [0.25, 0.3) is 0 Å². The highest BCUT2D eigenvalue weighted by atomic mass is 16.2. The van der Waals surface area contributed by atoms with Gasteiger partial charge in [0.15, 0.2) is 0 Å².